The van der Waals surface area contributed by atoms with E-state index in [1.54, 1.807) is 19.9 Å². The number of carbonyl (C=O) groups is 4. The van der Waals surface area contributed by atoms with Crippen LogP contribution in [0.4, 0.5) is 4.79 Å². The average molecular weight is 470 g/mol. The van der Waals surface area contributed by atoms with Crippen molar-refractivity contribution in [1.82, 2.24) is 21.3 Å². The monoisotopic (exact) mass is 469 g/mol. The molecule has 0 aliphatic heterocycles. The first-order valence-corrected chi connectivity index (χ1v) is 12.1. The zero-order valence-corrected chi connectivity index (χ0v) is 21.5. The van der Waals surface area contributed by atoms with E-state index in [1.807, 2.05) is 0 Å². The number of carbonyl (C=O) groups excluding carboxylic acids is 4. The van der Waals surface area contributed by atoms with E-state index in [9.17, 15) is 19.2 Å². The summed E-state index contributed by atoms with van der Waals surface area (Å²) in [6, 6.07) is -1.42. The molecule has 9 nitrogen and oxygen atoms in total. The normalized spacial score (nSPS) is 11.7. The van der Waals surface area contributed by atoms with E-state index in [2.05, 4.69) is 49.0 Å². The minimum Gasteiger partial charge on any atom is -0.352 e. The summed E-state index contributed by atoms with van der Waals surface area (Å²) in [7, 11) is 0. The molecule has 1 unspecified atom stereocenters. The fourth-order valence-electron chi connectivity index (χ4n) is 2.67. The van der Waals surface area contributed by atoms with Crippen LogP contribution in [-0.2, 0) is 14.4 Å². The number of amides is 5. The Kier molecular flexibility index (Phi) is 21.0. The van der Waals surface area contributed by atoms with Crippen LogP contribution in [0.25, 0.3) is 0 Å². The van der Waals surface area contributed by atoms with Crippen molar-refractivity contribution in [2.45, 2.75) is 99.0 Å². The van der Waals surface area contributed by atoms with Crippen molar-refractivity contribution >= 4 is 23.8 Å². The summed E-state index contributed by atoms with van der Waals surface area (Å²) in [5.41, 5.74) is 5.69. The van der Waals surface area contributed by atoms with Gasteiger partial charge in [0.25, 0.3) is 0 Å². The van der Waals surface area contributed by atoms with Crippen molar-refractivity contribution in [3.63, 3.8) is 0 Å². The van der Waals surface area contributed by atoms with Crippen LogP contribution in [0.3, 0.4) is 0 Å². The highest BCUT2D eigenvalue weighted by molar-refractivity contribution is 5.90. The summed E-state index contributed by atoms with van der Waals surface area (Å²) in [5.74, 6) is -0.305. The number of rotatable bonds is 15. The molecule has 0 rings (SSSR count). The van der Waals surface area contributed by atoms with Crippen LogP contribution in [0.1, 0.15) is 92.9 Å². The second kappa shape index (κ2) is 21.3. The first-order chi connectivity index (χ1) is 15.6. The lowest BCUT2D eigenvalue weighted by Gasteiger charge is -2.19. The Morgan fingerprint density at radius 2 is 1.55 bits per heavy atom. The number of unbranched alkanes of at least 4 members (excludes halogenated alkanes) is 2. The highest BCUT2D eigenvalue weighted by Gasteiger charge is 2.20. The molecular weight excluding hydrogens is 422 g/mol. The molecule has 0 radical (unpaired) electrons. The molecule has 33 heavy (non-hydrogen) atoms. The number of nitrogens with one attached hydrogen (secondary N) is 4. The molecule has 0 aliphatic rings. The quantitative estimate of drug-likeness (QED) is 0.235. The van der Waals surface area contributed by atoms with Crippen LogP contribution in [0, 0.1) is 5.92 Å². The molecule has 0 bridgehead atoms. The highest BCUT2D eigenvalue weighted by atomic mass is 16.2. The first-order valence-electron chi connectivity index (χ1n) is 12.1. The van der Waals surface area contributed by atoms with Crippen molar-refractivity contribution < 1.29 is 19.2 Å². The molecular formula is C24H47N5O4. The molecule has 0 fully saturated rings. The van der Waals surface area contributed by atoms with Crippen LogP contribution in [0.5, 0.6) is 0 Å². The maximum absolute atomic E-state index is 12.4. The maximum atomic E-state index is 12.4. The van der Waals surface area contributed by atoms with Crippen LogP contribution in [0.2, 0.25) is 0 Å². The first kappa shape index (κ1) is 32.6. The standard InChI is InChI=1S/C21H39N5O4.C3H8/c1-5-16(4)25-20(29)17(11-9-13-23-21(22)30)26-19(28)14-24-18(27)12-8-6-7-10-15(2)3;1-3-2/h5,15,17H,6-14H2,1-4H3,(H,24,27)(H,25,29)(H,26,28)(H3,22,23,30);3H2,1-2H3/b16-5+;. The van der Waals surface area contributed by atoms with E-state index in [0.29, 0.717) is 37.4 Å². The summed E-state index contributed by atoms with van der Waals surface area (Å²) in [5, 5.41) is 10.4. The van der Waals surface area contributed by atoms with Crippen LogP contribution in [-0.4, -0.2) is 42.9 Å². The second-order valence-corrected chi connectivity index (χ2v) is 8.49. The smallest absolute Gasteiger partial charge is 0.312 e. The fourth-order valence-corrected chi connectivity index (χ4v) is 2.67. The van der Waals surface area contributed by atoms with Crippen molar-refractivity contribution in [3.8, 4) is 0 Å². The van der Waals surface area contributed by atoms with E-state index >= 15 is 0 Å². The molecule has 6 N–H and O–H groups in total. The van der Waals surface area contributed by atoms with Crippen LogP contribution < -0.4 is 27.0 Å². The Morgan fingerprint density at radius 1 is 0.909 bits per heavy atom. The number of allylic oxidation sites excluding steroid dienone is 2. The Labute approximate surface area is 200 Å². The number of primary amides is 1. The van der Waals surface area contributed by atoms with Gasteiger partial charge in [0.1, 0.15) is 6.04 Å². The Balaban J connectivity index is 0. The van der Waals surface area contributed by atoms with Gasteiger partial charge in [-0.05, 0) is 39.0 Å². The lowest BCUT2D eigenvalue weighted by molar-refractivity contribution is -0.129. The summed E-state index contributed by atoms with van der Waals surface area (Å²) in [4.78, 5) is 47.2. The largest absolute Gasteiger partial charge is 0.352 e. The second-order valence-electron chi connectivity index (χ2n) is 8.49. The van der Waals surface area contributed by atoms with Crippen molar-refractivity contribution in [1.29, 1.82) is 0 Å². The van der Waals surface area contributed by atoms with Crippen molar-refractivity contribution in [2.75, 3.05) is 13.1 Å². The van der Waals surface area contributed by atoms with Gasteiger partial charge in [0.15, 0.2) is 0 Å². The summed E-state index contributed by atoms with van der Waals surface area (Å²) >= 11 is 0. The van der Waals surface area contributed by atoms with E-state index < -0.39 is 18.0 Å². The topological polar surface area (TPSA) is 142 Å². The molecule has 0 aromatic carbocycles. The Morgan fingerprint density at radius 3 is 2.09 bits per heavy atom. The minimum absolute atomic E-state index is 0.175. The number of nitrogens with two attached hydrogens (primary N) is 1. The molecule has 0 spiro atoms. The van der Waals surface area contributed by atoms with Gasteiger partial charge in [-0.25, -0.2) is 4.79 Å². The Hall–Kier alpha value is -2.58. The van der Waals surface area contributed by atoms with Gasteiger partial charge in [-0.1, -0.05) is 59.5 Å². The van der Waals surface area contributed by atoms with Gasteiger partial charge in [0.05, 0.1) is 6.54 Å². The molecule has 0 aromatic heterocycles. The molecule has 192 valence electrons. The lowest BCUT2D eigenvalue weighted by Crippen LogP contribution is -2.49. The van der Waals surface area contributed by atoms with E-state index in [0.717, 1.165) is 25.7 Å². The van der Waals surface area contributed by atoms with Gasteiger partial charge in [-0.2, -0.15) is 0 Å². The highest BCUT2D eigenvalue weighted by Crippen LogP contribution is 2.09. The molecule has 1 atom stereocenters. The summed E-state index contributed by atoms with van der Waals surface area (Å²) in [6.07, 6.45) is 8.18. The van der Waals surface area contributed by atoms with Crippen LogP contribution in [0.15, 0.2) is 11.8 Å². The van der Waals surface area contributed by atoms with Gasteiger partial charge in [0.2, 0.25) is 17.7 Å². The molecule has 0 aliphatic carbocycles. The third kappa shape index (κ3) is 22.4. The Bertz CT molecular complexity index is 606. The molecule has 9 heteroatoms. The van der Waals surface area contributed by atoms with Crippen molar-refractivity contribution in [2.24, 2.45) is 11.7 Å². The number of urea groups is 1. The van der Waals surface area contributed by atoms with Gasteiger partial charge in [-0.3, -0.25) is 14.4 Å². The molecule has 0 heterocycles. The van der Waals surface area contributed by atoms with Gasteiger partial charge in [0, 0.05) is 18.7 Å². The summed E-state index contributed by atoms with van der Waals surface area (Å²) in [6.45, 7) is 12.2. The average Bonchev–Trinajstić information content (AvgIpc) is 2.74. The zero-order valence-electron chi connectivity index (χ0n) is 21.5. The van der Waals surface area contributed by atoms with E-state index in [1.165, 1.54) is 6.42 Å². The van der Waals surface area contributed by atoms with Gasteiger partial charge >= 0.3 is 6.03 Å². The molecule has 0 aromatic rings. The predicted molar refractivity (Wildman–Crippen MR) is 133 cm³/mol. The molecule has 0 saturated heterocycles. The third-order valence-electron chi connectivity index (χ3n) is 4.51. The number of hydrogen-bond donors (Lipinski definition) is 5. The maximum Gasteiger partial charge on any atom is 0.312 e. The SMILES string of the molecule is C/C=C(\C)NC(=O)C(CCCNC(N)=O)NC(=O)CNC(=O)CCCCCC(C)C.CCC. The van der Waals surface area contributed by atoms with Crippen LogP contribution >= 0.6 is 0 Å². The third-order valence-corrected chi connectivity index (χ3v) is 4.51. The molecule has 0 saturated carbocycles. The van der Waals surface area contributed by atoms with Crippen molar-refractivity contribution in [3.05, 3.63) is 11.8 Å². The summed E-state index contributed by atoms with van der Waals surface area (Å²) < 4.78 is 0. The van der Waals surface area contributed by atoms with Gasteiger partial charge in [-0.15, -0.1) is 0 Å². The van der Waals surface area contributed by atoms with E-state index in [4.69, 9.17) is 5.73 Å². The fraction of sp³-hybridized carbons (Fsp3) is 0.750. The predicted octanol–water partition coefficient (Wildman–Crippen LogP) is 3.10. The van der Waals surface area contributed by atoms with Gasteiger partial charge < -0.3 is 27.0 Å². The van der Waals surface area contributed by atoms with E-state index in [-0.39, 0.29) is 18.4 Å². The lowest BCUT2D eigenvalue weighted by atomic mass is 10.0. The zero-order chi connectivity index (χ0) is 25.6. The minimum atomic E-state index is -0.782. The molecule has 5 amide bonds. The number of hydrogen-bond acceptors (Lipinski definition) is 4.